The molecule has 22 nitrogen and oxygen atoms in total. The summed E-state index contributed by atoms with van der Waals surface area (Å²) >= 11 is 0. The molecule has 6 aromatic rings. The fourth-order valence-electron chi connectivity index (χ4n) is 6.11. The summed E-state index contributed by atoms with van der Waals surface area (Å²) in [5.41, 5.74) is -1.32. The predicted octanol–water partition coefficient (Wildman–Crippen LogP) is -6.63. The van der Waals surface area contributed by atoms with Gasteiger partial charge in [-0.1, -0.05) is 37.5 Å². The quantitative estimate of drug-likeness (QED) is 0.0422. The van der Waals surface area contributed by atoms with Gasteiger partial charge in [0, 0.05) is 0 Å². The van der Waals surface area contributed by atoms with E-state index in [0.717, 1.165) is 0 Å². The third-order valence-electron chi connectivity index (χ3n) is 8.98. The van der Waals surface area contributed by atoms with E-state index in [1.807, 2.05) is 0 Å². The Morgan fingerprint density at radius 3 is 1.10 bits per heavy atom. The molecule has 0 amide bonds. The molecule has 68 heavy (non-hydrogen) atoms. The van der Waals surface area contributed by atoms with Gasteiger partial charge in [-0.25, -0.2) is 0 Å². The molecule has 6 aromatic carbocycles. The molecule has 0 aliphatic heterocycles. The Bertz CT molecular complexity index is 3210. The van der Waals surface area contributed by atoms with Gasteiger partial charge < -0.3 is 29.9 Å². The van der Waals surface area contributed by atoms with Crippen LogP contribution in [0.3, 0.4) is 0 Å². The molecule has 0 aliphatic rings. The minimum Gasteiger partial charge on any atom is -0.872 e. The fourth-order valence-corrected chi connectivity index (χ4v) is 8.48. The molecule has 0 heterocycles. The van der Waals surface area contributed by atoms with Gasteiger partial charge in [0.25, 0.3) is 40.5 Å². The summed E-state index contributed by atoms with van der Waals surface area (Å²) in [6.45, 7) is 3.80. The number of benzene rings is 6. The van der Waals surface area contributed by atoms with Crippen molar-refractivity contribution in [3.63, 3.8) is 0 Å². The molecule has 30 heteroatoms. The number of nitrogens with zero attached hydrogens (tertiary/aromatic N) is 4. The first-order valence-corrected chi connectivity index (χ1v) is 23.8. The first-order chi connectivity index (χ1) is 29.8. The standard InChI is InChI=1S/C38H34N4O18S4.4Na/c1-3-9-59-29-13-19(5-7-25(29)39-41-35-31(63(53,54)55)15-21-11-23(61(47,48)49)17-27(43)33(21)37(35)45)20-6-8-26(30(14-20)60-10-4-2)40-42-36-32(64(56,57)58)16-22-12-24(62(50,51)52)18-28(44)34(22)38(36)46;;;;/h5-8,11-18,43-46H,3-4,9-10H2,1-2H3,(H,47,48,49)(H,50,51,52)(H,53,54,55)(H,56,57,58);;;;/q;4*+1/p-4. The Labute approximate surface area is 477 Å². The third kappa shape index (κ3) is 13.9. The van der Waals surface area contributed by atoms with Gasteiger partial charge in [0.05, 0.1) is 34.4 Å². The Morgan fingerprint density at radius 1 is 0.471 bits per heavy atom. The molecule has 0 unspecified atom stereocenters. The molecule has 0 fully saturated rings. The summed E-state index contributed by atoms with van der Waals surface area (Å²) in [5.74, 6) is -5.02. The molecule has 0 saturated heterocycles. The van der Waals surface area contributed by atoms with Crippen molar-refractivity contribution in [1.82, 2.24) is 0 Å². The van der Waals surface area contributed by atoms with E-state index < -0.39 is 116 Å². The summed E-state index contributed by atoms with van der Waals surface area (Å²) in [5, 5.41) is 65.4. The van der Waals surface area contributed by atoms with Gasteiger partial charge in [0.1, 0.15) is 32.7 Å². The molecule has 0 aliphatic carbocycles. The SMILES string of the molecule is CCCOc1cc(-c2ccc(N=Nc3c(S(=O)(=O)O)cc4cc(S(=O)(=O)O)cc([O-])c4c3[O-])c(OCCC)c2)ccc1N=Nc1c(S(=O)(=O)O)cc2cc(S(=O)(=O)O)cc([O-])c2c1[O-].[Na+].[Na+].[Na+].[Na+]. The van der Waals surface area contributed by atoms with Crippen LogP contribution in [0, 0.1) is 0 Å². The van der Waals surface area contributed by atoms with Crippen molar-refractivity contribution in [1.29, 1.82) is 0 Å². The number of hydrogen-bond acceptors (Lipinski definition) is 18. The maximum Gasteiger partial charge on any atom is 1.00 e. The summed E-state index contributed by atoms with van der Waals surface area (Å²) in [7, 11) is -20.4. The topological polar surface area (TPSA) is 378 Å². The van der Waals surface area contributed by atoms with E-state index in [-0.39, 0.29) is 154 Å². The van der Waals surface area contributed by atoms with Gasteiger partial charge >= 0.3 is 118 Å². The third-order valence-corrected chi connectivity index (χ3v) is 12.4. The fraction of sp³-hybridized carbons (Fsp3) is 0.158. The Hall–Kier alpha value is -2.52. The molecule has 0 radical (unpaired) electrons. The van der Waals surface area contributed by atoms with Gasteiger partial charge in [0.2, 0.25) is 0 Å². The van der Waals surface area contributed by atoms with Crippen molar-refractivity contribution in [3.8, 4) is 45.6 Å². The van der Waals surface area contributed by atoms with Crippen LogP contribution < -0.4 is 148 Å². The molecular formula is C38H30N4Na4O18S4. The van der Waals surface area contributed by atoms with Crippen LogP contribution in [0.2, 0.25) is 0 Å². The van der Waals surface area contributed by atoms with Crippen LogP contribution in [0.15, 0.2) is 113 Å². The van der Waals surface area contributed by atoms with Crippen LogP contribution in [-0.4, -0.2) is 65.1 Å². The molecule has 0 spiro atoms. The molecule has 0 aromatic heterocycles. The molecule has 0 bridgehead atoms. The largest absolute Gasteiger partial charge is 1.00 e. The van der Waals surface area contributed by atoms with Gasteiger partial charge in [-0.2, -0.15) is 33.7 Å². The van der Waals surface area contributed by atoms with E-state index in [1.54, 1.807) is 13.8 Å². The van der Waals surface area contributed by atoms with Gasteiger partial charge in [-0.05, 0) is 106 Å². The first kappa shape index (κ1) is 61.6. The van der Waals surface area contributed by atoms with Crippen LogP contribution in [-0.2, 0) is 40.5 Å². The maximum atomic E-state index is 13.5. The van der Waals surface area contributed by atoms with Crippen LogP contribution in [0.5, 0.6) is 34.5 Å². The number of fused-ring (bicyclic) bond motifs is 2. The molecule has 0 saturated carbocycles. The summed E-state index contributed by atoms with van der Waals surface area (Å²) in [6.07, 6.45) is 0.970. The summed E-state index contributed by atoms with van der Waals surface area (Å²) in [6, 6.07) is 12.1. The zero-order valence-corrected chi connectivity index (χ0v) is 47.9. The van der Waals surface area contributed by atoms with Crippen molar-refractivity contribution in [3.05, 3.63) is 72.8 Å². The normalized spacial score (nSPS) is 12.0. The van der Waals surface area contributed by atoms with Crippen LogP contribution in [0.25, 0.3) is 32.7 Å². The van der Waals surface area contributed by atoms with Crippen molar-refractivity contribution < 1.29 is 200 Å². The molecular weight excluding hydrogens is 1020 g/mol. The Morgan fingerprint density at radius 2 is 0.809 bits per heavy atom. The first-order valence-electron chi connectivity index (χ1n) is 18.1. The summed E-state index contributed by atoms with van der Waals surface area (Å²) < 4.78 is 147. The van der Waals surface area contributed by atoms with E-state index in [0.29, 0.717) is 60.4 Å². The van der Waals surface area contributed by atoms with E-state index in [1.165, 1.54) is 36.4 Å². The second-order valence-electron chi connectivity index (χ2n) is 13.5. The van der Waals surface area contributed by atoms with Gasteiger partial charge in [0.15, 0.2) is 0 Å². The smallest absolute Gasteiger partial charge is 0.872 e. The van der Waals surface area contributed by atoms with E-state index in [4.69, 9.17) is 9.47 Å². The molecule has 4 N–H and O–H groups in total. The number of rotatable bonds is 15. The van der Waals surface area contributed by atoms with Crippen molar-refractivity contribution in [2.45, 2.75) is 46.3 Å². The van der Waals surface area contributed by atoms with Crippen molar-refractivity contribution >= 4 is 84.8 Å². The van der Waals surface area contributed by atoms with E-state index in [9.17, 15) is 72.3 Å². The number of ether oxygens (including phenoxy) is 2. The number of hydrogen-bond donors (Lipinski definition) is 4. The minimum absolute atomic E-state index is 0. The number of azo groups is 2. The maximum absolute atomic E-state index is 13.5. The van der Waals surface area contributed by atoms with Crippen molar-refractivity contribution in [2.24, 2.45) is 20.5 Å². The van der Waals surface area contributed by atoms with Gasteiger partial charge in [-0.3, -0.25) is 18.2 Å². The van der Waals surface area contributed by atoms with E-state index >= 15 is 0 Å². The average molecular weight is 1050 g/mol. The summed E-state index contributed by atoms with van der Waals surface area (Å²) in [4.78, 5) is -4.12. The monoisotopic (exact) mass is 1050 g/mol. The van der Waals surface area contributed by atoms with Crippen LogP contribution in [0.4, 0.5) is 22.7 Å². The minimum atomic E-state index is -5.26. The van der Waals surface area contributed by atoms with E-state index in [2.05, 4.69) is 20.5 Å². The Kier molecular flexibility index (Phi) is 22.0. The second kappa shape index (κ2) is 24.3. The average Bonchev–Trinajstić information content (AvgIpc) is 3.19. The zero-order chi connectivity index (χ0) is 47.1. The molecule has 6 rings (SSSR count). The molecule has 0 atom stereocenters. The van der Waals surface area contributed by atoms with Crippen molar-refractivity contribution in [2.75, 3.05) is 13.2 Å². The second-order valence-corrected chi connectivity index (χ2v) is 19.1. The van der Waals surface area contributed by atoms with Gasteiger partial charge in [-0.15, -0.1) is 32.0 Å². The predicted molar refractivity (Wildman–Crippen MR) is 217 cm³/mol. The Balaban J connectivity index is 0.00000397. The van der Waals surface area contributed by atoms with Crippen LogP contribution >= 0.6 is 0 Å². The van der Waals surface area contributed by atoms with Crippen LogP contribution in [0.1, 0.15) is 26.7 Å². The zero-order valence-electron chi connectivity index (χ0n) is 36.7. The molecule has 338 valence electrons.